The normalized spacial score (nSPS) is 27.3. The Morgan fingerprint density at radius 2 is 2.04 bits per heavy atom. The van der Waals surface area contributed by atoms with Crippen LogP contribution in [0.25, 0.3) is 11.0 Å². The lowest BCUT2D eigenvalue weighted by atomic mass is 9.70. The number of nitrogens with zero attached hydrogens (tertiary/aromatic N) is 1. The van der Waals surface area contributed by atoms with Crippen LogP contribution in [0.5, 0.6) is 5.75 Å². The predicted molar refractivity (Wildman–Crippen MR) is 101 cm³/mol. The molecule has 27 heavy (non-hydrogen) atoms. The van der Waals surface area contributed by atoms with E-state index in [-0.39, 0.29) is 16.4 Å². The Kier molecular flexibility index (Phi) is 3.91. The molecule has 2 saturated carbocycles. The van der Waals surface area contributed by atoms with Gasteiger partial charge in [0.05, 0.1) is 12.8 Å². The highest BCUT2D eigenvalue weighted by Crippen LogP contribution is 2.64. The molecule has 0 N–H and O–H groups in total. The smallest absolute Gasteiger partial charge is 0.373 e. The van der Waals surface area contributed by atoms with Crippen LogP contribution in [0.15, 0.2) is 38.6 Å². The molecule has 1 aromatic heterocycles. The van der Waals surface area contributed by atoms with Crippen molar-refractivity contribution in [3.63, 3.8) is 0 Å². The van der Waals surface area contributed by atoms with Gasteiger partial charge in [-0.15, -0.1) is 0 Å². The molecule has 1 heterocycles. The van der Waals surface area contributed by atoms with Crippen molar-refractivity contribution in [3.05, 3.63) is 40.2 Å². The summed E-state index contributed by atoms with van der Waals surface area (Å²) in [7, 11) is 1.53. The molecule has 1 aromatic carbocycles. The molecule has 6 nitrogen and oxygen atoms in total. The molecule has 2 aliphatic carbocycles. The van der Waals surface area contributed by atoms with Gasteiger partial charge in [-0.2, -0.15) is 0 Å². The highest BCUT2D eigenvalue weighted by molar-refractivity contribution is 5.96. The minimum atomic E-state index is -0.793. The number of methoxy groups -OCH3 is 1. The fourth-order valence-corrected chi connectivity index (χ4v) is 4.57. The van der Waals surface area contributed by atoms with Gasteiger partial charge in [-0.1, -0.05) is 25.9 Å². The fraction of sp³-hybridized carbons (Fsp3) is 0.476. The molecule has 0 saturated heterocycles. The average Bonchev–Trinajstić information content (AvgIpc) is 2.98. The lowest BCUT2D eigenvalue weighted by molar-refractivity contribution is 0.0504. The summed E-state index contributed by atoms with van der Waals surface area (Å²) in [5.74, 6) is 0.332. The molecular formula is C21H23NO5. The molecular weight excluding hydrogens is 346 g/mol. The zero-order valence-electron chi connectivity index (χ0n) is 16.0. The van der Waals surface area contributed by atoms with E-state index in [1.165, 1.54) is 19.6 Å². The van der Waals surface area contributed by atoms with Crippen LogP contribution in [0.3, 0.4) is 0 Å². The first-order valence-electron chi connectivity index (χ1n) is 9.17. The highest BCUT2D eigenvalue weighted by atomic mass is 16.7. The fourth-order valence-electron chi connectivity index (χ4n) is 4.57. The van der Waals surface area contributed by atoms with Crippen molar-refractivity contribution in [2.24, 2.45) is 21.9 Å². The third-order valence-electron chi connectivity index (χ3n) is 6.91. The number of carbonyl (C=O) groups is 1. The molecule has 0 spiro atoms. The molecule has 0 radical (unpaired) electrons. The number of hydrogen-bond donors (Lipinski definition) is 0. The maximum Gasteiger partial charge on any atom is 0.373 e. The van der Waals surface area contributed by atoms with Crippen LogP contribution in [0.2, 0.25) is 0 Å². The molecule has 4 rings (SSSR count). The van der Waals surface area contributed by atoms with Crippen molar-refractivity contribution >= 4 is 22.7 Å². The molecule has 0 amide bonds. The molecule has 2 atom stereocenters. The molecule has 2 unspecified atom stereocenters. The Morgan fingerprint density at radius 1 is 1.26 bits per heavy atom. The molecule has 2 fully saturated rings. The van der Waals surface area contributed by atoms with Crippen LogP contribution in [0.1, 0.15) is 50.4 Å². The average molecular weight is 369 g/mol. The van der Waals surface area contributed by atoms with Crippen LogP contribution < -0.4 is 10.4 Å². The second-order valence-corrected chi connectivity index (χ2v) is 8.26. The Labute approximate surface area is 157 Å². The van der Waals surface area contributed by atoms with Crippen LogP contribution in [-0.2, 0) is 4.84 Å². The van der Waals surface area contributed by atoms with Crippen molar-refractivity contribution < 1.29 is 18.8 Å². The zero-order valence-corrected chi connectivity index (χ0v) is 16.0. The zero-order chi connectivity index (χ0) is 19.4. The van der Waals surface area contributed by atoms with Crippen molar-refractivity contribution in [1.29, 1.82) is 0 Å². The first-order chi connectivity index (χ1) is 12.8. The van der Waals surface area contributed by atoms with E-state index in [2.05, 4.69) is 25.9 Å². The number of hydrogen-bond acceptors (Lipinski definition) is 6. The van der Waals surface area contributed by atoms with Gasteiger partial charge in [0.15, 0.2) is 0 Å². The van der Waals surface area contributed by atoms with Gasteiger partial charge in [-0.3, -0.25) is 0 Å². The van der Waals surface area contributed by atoms with E-state index < -0.39 is 11.6 Å². The second kappa shape index (κ2) is 5.94. The maximum absolute atomic E-state index is 12.4. The molecule has 142 valence electrons. The number of ether oxygens (including phenoxy) is 1. The van der Waals surface area contributed by atoms with Crippen LogP contribution in [0, 0.1) is 16.7 Å². The highest BCUT2D eigenvalue weighted by Gasteiger charge is 2.60. The Morgan fingerprint density at radius 3 is 2.67 bits per heavy atom. The number of rotatable bonds is 3. The van der Waals surface area contributed by atoms with Gasteiger partial charge in [-0.05, 0) is 48.8 Å². The number of benzene rings is 1. The topological polar surface area (TPSA) is 78.1 Å². The summed E-state index contributed by atoms with van der Waals surface area (Å²) in [5, 5.41) is 4.78. The first kappa shape index (κ1) is 17.8. The van der Waals surface area contributed by atoms with Crippen molar-refractivity contribution in [2.45, 2.75) is 40.0 Å². The van der Waals surface area contributed by atoms with Crippen LogP contribution >= 0.6 is 0 Å². The van der Waals surface area contributed by atoms with Crippen molar-refractivity contribution in [1.82, 2.24) is 0 Å². The Hall–Kier alpha value is -2.63. The van der Waals surface area contributed by atoms with E-state index in [0.717, 1.165) is 18.6 Å². The van der Waals surface area contributed by atoms with E-state index in [0.29, 0.717) is 22.6 Å². The Balaban J connectivity index is 1.61. The van der Waals surface area contributed by atoms with Gasteiger partial charge < -0.3 is 14.0 Å². The van der Waals surface area contributed by atoms with E-state index in [4.69, 9.17) is 14.0 Å². The third kappa shape index (κ3) is 2.58. The standard InChI is InChI=1S/C21H23NO5/c1-20(2)13-7-8-21(20,3)17(10-13)22-27-19(24)15-9-12-5-6-14(25-4)11-16(12)26-18(15)23/h5-6,9,11,13H,7-8,10H2,1-4H3/b22-17+. The number of carbonyl (C=O) groups excluding carboxylic acids is 1. The Bertz CT molecular complexity index is 1020. The lowest BCUT2D eigenvalue weighted by Gasteiger charge is -2.34. The first-order valence-corrected chi connectivity index (χ1v) is 9.17. The maximum atomic E-state index is 12.4. The summed E-state index contributed by atoms with van der Waals surface area (Å²) >= 11 is 0. The summed E-state index contributed by atoms with van der Waals surface area (Å²) in [5.41, 5.74) is 0.420. The van der Waals surface area contributed by atoms with Crippen LogP contribution in [0.4, 0.5) is 0 Å². The monoisotopic (exact) mass is 369 g/mol. The number of oxime groups is 1. The molecule has 2 aliphatic rings. The third-order valence-corrected chi connectivity index (χ3v) is 6.91. The number of fused-ring (bicyclic) bond motifs is 3. The second-order valence-electron chi connectivity index (χ2n) is 8.26. The van der Waals surface area contributed by atoms with Gasteiger partial charge in [0.2, 0.25) is 0 Å². The molecule has 6 heteroatoms. The van der Waals surface area contributed by atoms with Gasteiger partial charge in [-0.25, -0.2) is 9.59 Å². The lowest BCUT2D eigenvalue weighted by Crippen LogP contribution is -2.32. The van der Waals surface area contributed by atoms with Crippen LogP contribution in [-0.4, -0.2) is 18.8 Å². The quantitative estimate of drug-likeness (QED) is 0.461. The largest absolute Gasteiger partial charge is 0.497 e. The summed E-state index contributed by atoms with van der Waals surface area (Å²) in [6, 6.07) is 6.52. The molecule has 2 bridgehead atoms. The summed E-state index contributed by atoms with van der Waals surface area (Å²) < 4.78 is 10.4. The van der Waals surface area contributed by atoms with Gasteiger partial charge >= 0.3 is 11.6 Å². The van der Waals surface area contributed by atoms with Crippen molar-refractivity contribution in [2.75, 3.05) is 7.11 Å². The van der Waals surface area contributed by atoms with E-state index in [9.17, 15) is 9.59 Å². The van der Waals surface area contributed by atoms with Crippen molar-refractivity contribution in [3.8, 4) is 5.75 Å². The SMILES string of the molecule is COc1ccc2cc(C(=O)O/N=C3\CC4CCC3(C)C4(C)C)c(=O)oc2c1. The minimum absolute atomic E-state index is 0.0669. The molecule has 2 aromatic rings. The van der Waals surface area contributed by atoms with Gasteiger partial charge in [0.1, 0.15) is 16.9 Å². The van der Waals surface area contributed by atoms with Gasteiger partial charge in [0, 0.05) is 16.9 Å². The van der Waals surface area contributed by atoms with E-state index >= 15 is 0 Å². The van der Waals surface area contributed by atoms with E-state index in [1.54, 1.807) is 18.2 Å². The van der Waals surface area contributed by atoms with Gasteiger partial charge in [0.25, 0.3) is 0 Å². The summed E-state index contributed by atoms with van der Waals surface area (Å²) in [6.07, 6.45) is 3.05. The summed E-state index contributed by atoms with van der Waals surface area (Å²) in [4.78, 5) is 29.8. The summed E-state index contributed by atoms with van der Waals surface area (Å²) in [6.45, 7) is 6.69. The van der Waals surface area contributed by atoms with E-state index in [1.807, 2.05) is 0 Å². The predicted octanol–water partition coefficient (Wildman–Crippen LogP) is 4.16. The molecule has 0 aliphatic heterocycles. The minimum Gasteiger partial charge on any atom is -0.497 e.